The normalized spacial score (nSPS) is 40.9. The Balaban J connectivity index is 1.49. The molecule has 1 aromatic rings. The molecule has 0 amide bonds. The Labute approximate surface area is 248 Å². The van der Waals surface area contributed by atoms with Gasteiger partial charge in [0, 0.05) is 51.1 Å². The first-order chi connectivity index (χ1) is 20.1. The minimum Gasteiger partial charge on any atom is -0.385 e. The molecule has 1 aliphatic heterocycles. The molecule has 4 fully saturated rings. The summed E-state index contributed by atoms with van der Waals surface area (Å²) in [6, 6.07) is 7.44. The molecule has 240 valence electrons. The molecular weight excluding hydrogens is 575 g/mol. The fourth-order valence-electron chi connectivity index (χ4n) is 9.60. The van der Waals surface area contributed by atoms with Crippen LogP contribution in [0, 0.1) is 17.3 Å². The predicted octanol–water partition coefficient (Wildman–Crippen LogP) is 7.18. The number of methoxy groups -OCH3 is 3. The topological polar surface area (TPSA) is 66.4 Å². The summed E-state index contributed by atoms with van der Waals surface area (Å²) in [5.41, 5.74) is -2.06. The van der Waals surface area contributed by atoms with Gasteiger partial charge in [-0.05, 0) is 68.4 Å². The van der Waals surface area contributed by atoms with Crippen LogP contribution in [0.25, 0.3) is 0 Å². The Morgan fingerprint density at radius 3 is 2.07 bits per heavy atom. The minimum atomic E-state index is -5.77. The lowest BCUT2D eigenvalue weighted by Gasteiger charge is -2.59. The van der Waals surface area contributed by atoms with E-state index in [1.165, 1.54) is 0 Å². The summed E-state index contributed by atoms with van der Waals surface area (Å²) < 4.78 is 101. The lowest BCUT2D eigenvalue weighted by atomic mass is 9.49. The third-order valence-electron chi connectivity index (χ3n) is 11.7. The van der Waals surface area contributed by atoms with E-state index >= 15 is 8.78 Å². The third kappa shape index (κ3) is 4.31. The average molecular weight is 617 g/mol. The summed E-state index contributed by atoms with van der Waals surface area (Å²) in [4.78, 5) is 0. The molecule has 6 atom stereocenters. The molecule has 0 aromatic heterocycles. The van der Waals surface area contributed by atoms with Crippen LogP contribution in [0.4, 0.5) is 22.0 Å². The molecule has 43 heavy (non-hydrogen) atoms. The van der Waals surface area contributed by atoms with Crippen molar-refractivity contribution in [2.75, 3.05) is 21.3 Å². The molecule has 4 aliphatic carbocycles. The number of fused-ring (bicyclic) bond motifs is 4. The average Bonchev–Trinajstić information content (AvgIpc) is 3.27. The zero-order valence-electron chi connectivity index (χ0n) is 25.2. The number of halogens is 5. The van der Waals surface area contributed by atoms with Gasteiger partial charge in [0.2, 0.25) is 0 Å². The largest absolute Gasteiger partial charge is 0.456 e. The molecule has 1 aromatic carbocycles. The van der Waals surface area contributed by atoms with E-state index in [-0.39, 0.29) is 31.5 Å². The molecular formula is C32H41F5O6. The van der Waals surface area contributed by atoms with E-state index in [0.717, 1.165) is 29.4 Å². The van der Waals surface area contributed by atoms with E-state index in [9.17, 15) is 18.3 Å². The SMILES string of the molecule is COC1(OC)CCC2=C3[C@@H](CC[C@@]2(O)C1)[C@@H]1CC[C@@](OC)(C(F)(F)C(F)(F)F)[C@@]1(C)C[C@@H]3c1ccc(C2OC(C)O2)cc1. The second-order valence-corrected chi connectivity index (χ2v) is 13.4. The van der Waals surface area contributed by atoms with Crippen LogP contribution in [-0.2, 0) is 23.7 Å². The van der Waals surface area contributed by atoms with Crippen LogP contribution >= 0.6 is 0 Å². The Hall–Kier alpha value is -1.63. The number of hydrogen-bond acceptors (Lipinski definition) is 6. The Bertz CT molecular complexity index is 1260. The van der Waals surface area contributed by atoms with E-state index in [2.05, 4.69) is 0 Å². The van der Waals surface area contributed by atoms with Gasteiger partial charge >= 0.3 is 12.1 Å². The van der Waals surface area contributed by atoms with Crippen molar-refractivity contribution < 1.29 is 50.7 Å². The molecule has 3 saturated carbocycles. The van der Waals surface area contributed by atoms with Crippen molar-refractivity contribution in [1.82, 2.24) is 0 Å². The highest BCUT2D eigenvalue weighted by Gasteiger charge is 2.80. The molecule has 1 saturated heterocycles. The quantitative estimate of drug-likeness (QED) is 0.208. The summed E-state index contributed by atoms with van der Waals surface area (Å²) in [6.45, 7) is 3.35. The predicted molar refractivity (Wildman–Crippen MR) is 145 cm³/mol. The molecule has 0 bridgehead atoms. The van der Waals surface area contributed by atoms with Gasteiger partial charge in [0.05, 0.1) is 5.60 Å². The number of alkyl halides is 5. The van der Waals surface area contributed by atoms with E-state index < -0.39 is 59.0 Å². The zero-order valence-corrected chi connectivity index (χ0v) is 25.2. The highest BCUT2D eigenvalue weighted by atomic mass is 19.4. The number of ether oxygens (including phenoxy) is 5. The van der Waals surface area contributed by atoms with Gasteiger partial charge in [0.1, 0.15) is 5.60 Å². The minimum absolute atomic E-state index is 0.0229. The van der Waals surface area contributed by atoms with E-state index in [1.54, 1.807) is 28.1 Å². The van der Waals surface area contributed by atoms with Crippen LogP contribution in [0.2, 0.25) is 0 Å². The highest BCUT2D eigenvalue weighted by Crippen LogP contribution is 2.72. The second kappa shape index (κ2) is 10.2. The fraction of sp³-hybridized carbons (Fsp3) is 0.750. The smallest absolute Gasteiger partial charge is 0.385 e. The van der Waals surface area contributed by atoms with Crippen molar-refractivity contribution in [3.8, 4) is 0 Å². The van der Waals surface area contributed by atoms with Gasteiger partial charge in [0.15, 0.2) is 18.4 Å². The van der Waals surface area contributed by atoms with Crippen LogP contribution in [0.3, 0.4) is 0 Å². The van der Waals surface area contributed by atoms with E-state index in [0.29, 0.717) is 25.7 Å². The van der Waals surface area contributed by atoms with Crippen molar-refractivity contribution in [2.45, 2.75) is 113 Å². The molecule has 1 N–H and O–H groups in total. The Kier molecular flexibility index (Phi) is 7.43. The lowest BCUT2D eigenvalue weighted by Crippen LogP contribution is -2.66. The Morgan fingerprint density at radius 1 is 0.884 bits per heavy atom. The summed E-state index contributed by atoms with van der Waals surface area (Å²) >= 11 is 0. The first-order valence-electron chi connectivity index (χ1n) is 15.1. The van der Waals surface area contributed by atoms with Gasteiger partial charge in [-0.15, -0.1) is 0 Å². The maximum absolute atomic E-state index is 15.6. The van der Waals surface area contributed by atoms with Crippen LogP contribution in [-0.4, -0.2) is 61.8 Å². The molecule has 0 radical (unpaired) electrons. The van der Waals surface area contributed by atoms with Crippen LogP contribution in [0.15, 0.2) is 35.4 Å². The molecule has 6 nitrogen and oxygen atoms in total. The maximum Gasteiger partial charge on any atom is 0.456 e. The van der Waals surface area contributed by atoms with Gasteiger partial charge in [-0.25, -0.2) is 0 Å². The van der Waals surface area contributed by atoms with Crippen LogP contribution in [0.5, 0.6) is 0 Å². The van der Waals surface area contributed by atoms with Crippen LogP contribution < -0.4 is 0 Å². The van der Waals surface area contributed by atoms with E-state index in [1.807, 2.05) is 24.3 Å². The molecule has 6 rings (SSSR count). The molecule has 11 heteroatoms. The molecule has 1 heterocycles. The summed E-state index contributed by atoms with van der Waals surface area (Å²) in [6.07, 6.45) is -4.83. The van der Waals surface area contributed by atoms with Gasteiger partial charge in [-0.3, -0.25) is 0 Å². The standard InChI is InChI=1S/C32H41F5O6/c1-18-42-26(43-18)20-8-6-19(7-9-20)22-16-27(2)23(12-15-30(27,41-5)31(33,34)32(35,36)37)21-10-13-28(38)17-29(39-3,40-4)14-11-24(28)25(21)22/h6-9,18,21-23,26,38H,10-17H2,1-5H3/t18?,21-,22+,23-,26?,27-,28+,30-/m0/s1. The van der Waals surface area contributed by atoms with Crippen LogP contribution in [0.1, 0.15) is 88.5 Å². The molecule has 0 spiro atoms. The van der Waals surface area contributed by atoms with Gasteiger partial charge < -0.3 is 28.8 Å². The lowest BCUT2D eigenvalue weighted by molar-refractivity contribution is -0.382. The van der Waals surface area contributed by atoms with Crippen molar-refractivity contribution in [3.05, 3.63) is 46.5 Å². The number of rotatable bonds is 6. The summed E-state index contributed by atoms with van der Waals surface area (Å²) in [5.74, 6) is -7.27. The maximum atomic E-state index is 15.6. The first-order valence-corrected chi connectivity index (χ1v) is 15.1. The third-order valence-corrected chi connectivity index (χ3v) is 11.7. The highest BCUT2D eigenvalue weighted by molar-refractivity contribution is 5.45. The zero-order chi connectivity index (χ0) is 31.2. The number of benzene rings is 1. The number of hydrogen-bond donors (Lipinski definition) is 1. The number of aliphatic hydroxyl groups is 1. The van der Waals surface area contributed by atoms with Gasteiger partial charge in [-0.2, -0.15) is 22.0 Å². The second-order valence-electron chi connectivity index (χ2n) is 13.4. The van der Waals surface area contributed by atoms with Crippen molar-refractivity contribution in [3.63, 3.8) is 0 Å². The van der Waals surface area contributed by atoms with Crippen molar-refractivity contribution >= 4 is 0 Å². The van der Waals surface area contributed by atoms with Gasteiger partial charge in [0.25, 0.3) is 0 Å². The fourth-order valence-corrected chi connectivity index (χ4v) is 9.60. The monoisotopic (exact) mass is 616 g/mol. The first kappa shape index (κ1) is 31.4. The Morgan fingerprint density at radius 2 is 1.51 bits per heavy atom. The van der Waals surface area contributed by atoms with E-state index in [4.69, 9.17) is 23.7 Å². The molecule has 0 unspecified atom stereocenters. The number of allylic oxidation sites excluding steroid dienone is 1. The van der Waals surface area contributed by atoms with Crippen molar-refractivity contribution in [2.24, 2.45) is 17.3 Å². The summed E-state index contributed by atoms with van der Waals surface area (Å²) in [5, 5.41) is 12.1. The summed E-state index contributed by atoms with van der Waals surface area (Å²) in [7, 11) is 4.08. The van der Waals surface area contributed by atoms with Crippen molar-refractivity contribution in [1.29, 1.82) is 0 Å². The molecule has 5 aliphatic rings. The van der Waals surface area contributed by atoms with Gasteiger partial charge in [-0.1, -0.05) is 36.8 Å².